The van der Waals surface area contributed by atoms with Gasteiger partial charge >= 0.3 is 0 Å². The topological polar surface area (TPSA) is 64.4 Å². The molecule has 0 spiro atoms. The highest BCUT2D eigenvalue weighted by Crippen LogP contribution is 2.37. The Bertz CT molecular complexity index is 1680. The van der Waals surface area contributed by atoms with Gasteiger partial charge in [-0.1, -0.05) is 84.9 Å². The Labute approximate surface area is 195 Å². The molecule has 0 fully saturated rings. The Morgan fingerprint density at radius 3 is 2.09 bits per heavy atom. The summed E-state index contributed by atoms with van der Waals surface area (Å²) in [4.78, 5) is 0. The lowest BCUT2D eigenvalue weighted by molar-refractivity contribution is 1.23. The van der Waals surface area contributed by atoms with E-state index in [9.17, 15) is 0 Å². The number of amidine groups is 1. The van der Waals surface area contributed by atoms with E-state index in [0.29, 0.717) is 5.84 Å². The lowest BCUT2D eigenvalue weighted by Crippen LogP contribution is -2.17. The van der Waals surface area contributed by atoms with Crippen molar-refractivity contribution >= 4 is 48.1 Å². The van der Waals surface area contributed by atoms with Gasteiger partial charge in [-0.3, -0.25) is 0 Å². The first-order valence-corrected chi connectivity index (χ1v) is 11.6. The largest absolute Gasteiger partial charge is 0.382 e. The molecule has 33 heavy (non-hydrogen) atoms. The van der Waals surface area contributed by atoms with Crippen molar-refractivity contribution in [3.8, 4) is 22.3 Å². The molecule has 4 heteroatoms. The van der Waals surface area contributed by atoms with E-state index in [2.05, 4.69) is 96.1 Å². The van der Waals surface area contributed by atoms with Gasteiger partial charge in [0.05, 0.1) is 0 Å². The molecule has 0 atom stereocenters. The quantitative estimate of drug-likeness (QED) is 0.132. The van der Waals surface area contributed by atoms with E-state index in [0.717, 1.165) is 27.5 Å². The molecule has 1 aromatic heterocycles. The summed E-state index contributed by atoms with van der Waals surface area (Å²) in [5, 5.41) is 8.57. The number of benzene rings is 5. The first-order chi connectivity index (χ1) is 16.2. The third-order valence-electron chi connectivity index (χ3n) is 6.23. The van der Waals surface area contributed by atoms with Crippen LogP contribution in [0.3, 0.4) is 0 Å². The number of hydrazone groups is 1. The molecule has 0 aliphatic heterocycles. The minimum Gasteiger partial charge on any atom is -0.382 e. The summed E-state index contributed by atoms with van der Waals surface area (Å²) in [6, 6.07) is 36.3. The van der Waals surface area contributed by atoms with Crippen LogP contribution >= 0.6 is 11.3 Å². The van der Waals surface area contributed by atoms with Crippen molar-refractivity contribution < 1.29 is 0 Å². The lowest BCUT2D eigenvalue weighted by atomic mass is 9.92. The summed E-state index contributed by atoms with van der Waals surface area (Å²) in [5.74, 6) is 5.92. The van der Waals surface area contributed by atoms with Crippen LogP contribution in [0.25, 0.3) is 53.2 Å². The number of fused-ring (bicyclic) bond motifs is 4. The summed E-state index contributed by atoms with van der Waals surface area (Å²) < 4.78 is 2.64. The SMILES string of the molecule is N/N=C(\N)c1c(-c2ccc(-c3ccc4sc5ccccc5c4c3)cc2)ccc2ccccc12. The molecule has 6 rings (SSSR count). The van der Waals surface area contributed by atoms with Gasteiger partial charge in [-0.2, -0.15) is 5.10 Å². The van der Waals surface area contributed by atoms with Gasteiger partial charge in [0, 0.05) is 25.7 Å². The van der Waals surface area contributed by atoms with Crippen LogP contribution in [0.4, 0.5) is 0 Å². The van der Waals surface area contributed by atoms with Gasteiger partial charge in [0.1, 0.15) is 0 Å². The Hall–Kier alpha value is -4.15. The molecular formula is C29H21N3S. The molecular weight excluding hydrogens is 422 g/mol. The maximum absolute atomic E-state index is 6.23. The number of nitrogens with two attached hydrogens (primary N) is 2. The second-order valence-corrected chi connectivity index (χ2v) is 9.19. The van der Waals surface area contributed by atoms with Gasteiger partial charge in [-0.25, -0.2) is 0 Å². The van der Waals surface area contributed by atoms with Gasteiger partial charge < -0.3 is 11.6 Å². The molecule has 4 N–H and O–H groups in total. The standard InChI is InChI=1S/C29H21N3S/c30-29(32-31)28-22-6-2-1-5-19(22)13-15-23(28)20-11-9-18(10-12-20)21-14-16-27-25(17-21)24-7-3-4-8-26(24)33-27/h1-17H,31H2,(H2,30,32). The Morgan fingerprint density at radius 1 is 0.606 bits per heavy atom. The van der Waals surface area contributed by atoms with Gasteiger partial charge in [0.15, 0.2) is 5.84 Å². The molecule has 0 bridgehead atoms. The van der Waals surface area contributed by atoms with Crippen LogP contribution in [0.1, 0.15) is 5.56 Å². The molecule has 5 aromatic carbocycles. The van der Waals surface area contributed by atoms with Crippen LogP contribution in [0.15, 0.2) is 108 Å². The van der Waals surface area contributed by atoms with Crippen LogP contribution in [0.2, 0.25) is 0 Å². The van der Waals surface area contributed by atoms with Crippen LogP contribution in [-0.4, -0.2) is 5.84 Å². The summed E-state index contributed by atoms with van der Waals surface area (Å²) in [7, 11) is 0. The minimum atomic E-state index is 0.334. The van der Waals surface area contributed by atoms with Crippen molar-refractivity contribution in [3.63, 3.8) is 0 Å². The molecule has 0 unspecified atom stereocenters. The average molecular weight is 444 g/mol. The Balaban J connectivity index is 1.46. The smallest absolute Gasteiger partial charge is 0.151 e. The number of hydrogen-bond acceptors (Lipinski definition) is 3. The normalized spacial score (nSPS) is 12.1. The third kappa shape index (κ3) is 3.23. The van der Waals surface area contributed by atoms with Crippen LogP contribution in [0, 0.1) is 0 Å². The first kappa shape index (κ1) is 19.5. The van der Waals surface area contributed by atoms with E-state index in [1.54, 1.807) is 0 Å². The summed E-state index contributed by atoms with van der Waals surface area (Å²) in [5.41, 5.74) is 11.6. The molecule has 0 saturated heterocycles. The number of hydrogen-bond donors (Lipinski definition) is 2. The highest BCUT2D eigenvalue weighted by atomic mass is 32.1. The van der Waals surface area contributed by atoms with E-state index in [1.807, 2.05) is 23.5 Å². The van der Waals surface area contributed by atoms with E-state index in [4.69, 9.17) is 11.6 Å². The third-order valence-corrected chi connectivity index (χ3v) is 7.38. The molecule has 3 nitrogen and oxygen atoms in total. The maximum Gasteiger partial charge on any atom is 0.151 e. The van der Waals surface area contributed by atoms with Crippen LogP contribution in [-0.2, 0) is 0 Å². The zero-order valence-corrected chi connectivity index (χ0v) is 18.6. The lowest BCUT2D eigenvalue weighted by Gasteiger charge is -2.13. The van der Waals surface area contributed by atoms with E-state index >= 15 is 0 Å². The van der Waals surface area contributed by atoms with Gasteiger partial charge in [0.2, 0.25) is 0 Å². The van der Waals surface area contributed by atoms with Crippen molar-refractivity contribution in [2.75, 3.05) is 0 Å². The molecule has 0 saturated carbocycles. The van der Waals surface area contributed by atoms with Gasteiger partial charge in [0.25, 0.3) is 0 Å². The van der Waals surface area contributed by atoms with Crippen molar-refractivity contribution in [2.45, 2.75) is 0 Å². The van der Waals surface area contributed by atoms with Crippen molar-refractivity contribution in [2.24, 2.45) is 16.7 Å². The van der Waals surface area contributed by atoms with Crippen molar-refractivity contribution in [3.05, 3.63) is 109 Å². The minimum absolute atomic E-state index is 0.334. The molecule has 0 aliphatic rings. The van der Waals surface area contributed by atoms with Crippen LogP contribution in [0.5, 0.6) is 0 Å². The number of nitrogens with zero attached hydrogens (tertiary/aromatic N) is 1. The predicted octanol–water partition coefficient (Wildman–Crippen LogP) is 7.12. The van der Waals surface area contributed by atoms with Gasteiger partial charge in [-0.15, -0.1) is 11.3 Å². The zero-order valence-electron chi connectivity index (χ0n) is 17.8. The average Bonchev–Trinajstić information content (AvgIpc) is 3.25. The molecule has 158 valence electrons. The number of thiophene rings is 1. The second-order valence-electron chi connectivity index (χ2n) is 8.11. The highest BCUT2D eigenvalue weighted by Gasteiger charge is 2.13. The Morgan fingerprint density at radius 2 is 1.27 bits per heavy atom. The van der Waals surface area contributed by atoms with Crippen molar-refractivity contribution in [1.29, 1.82) is 0 Å². The first-order valence-electron chi connectivity index (χ1n) is 10.8. The number of rotatable bonds is 3. The van der Waals surface area contributed by atoms with Crippen LogP contribution < -0.4 is 11.6 Å². The molecule has 0 amide bonds. The molecule has 1 heterocycles. The van der Waals surface area contributed by atoms with E-state index in [-0.39, 0.29) is 0 Å². The molecule has 0 radical (unpaired) electrons. The maximum atomic E-state index is 6.23. The molecule has 6 aromatic rings. The molecule has 0 aliphatic carbocycles. The summed E-state index contributed by atoms with van der Waals surface area (Å²) >= 11 is 1.84. The van der Waals surface area contributed by atoms with E-state index in [1.165, 1.54) is 31.3 Å². The zero-order chi connectivity index (χ0) is 22.4. The fourth-order valence-corrected chi connectivity index (χ4v) is 5.69. The summed E-state index contributed by atoms with van der Waals surface area (Å²) in [6.45, 7) is 0. The predicted molar refractivity (Wildman–Crippen MR) is 143 cm³/mol. The van der Waals surface area contributed by atoms with Gasteiger partial charge in [-0.05, 0) is 51.2 Å². The monoisotopic (exact) mass is 443 g/mol. The van der Waals surface area contributed by atoms with E-state index < -0.39 is 0 Å². The second kappa shape index (κ2) is 7.76. The van der Waals surface area contributed by atoms with Crippen molar-refractivity contribution in [1.82, 2.24) is 0 Å². The highest BCUT2D eigenvalue weighted by molar-refractivity contribution is 7.25. The Kier molecular flexibility index (Phi) is 4.60. The summed E-state index contributed by atoms with van der Waals surface area (Å²) in [6.07, 6.45) is 0. The fourth-order valence-electron chi connectivity index (χ4n) is 4.60. The fraction of sp³-hybridized carbons (Fsp3) is 0.